The lowest BCUT2D eigenvalue weighted by Crippen LogP contribution is -2.40. The maximum Gasteiger partial charge on any atom is 0.326 e. The molecule has 9 nitrogen and oxygen atoms in total. The number of hydrogen-bond donors (Lipinski definition) is 2. The molecule has 0 radical (unpaired) electrons. The van der Waals surface area contributed by atoms with Crippen LogP contribution < -0.4 is 11.0 Å². The lowest BCUT2D eigenvalue weighted by Gasteiger charge is -2.33. The number of hydrogen-bond acceptors (Lipinski definition) is 5. The van der Waals surface area contributed by atoms with Gasteiger partial charge >= 0.3 is 5.69 Å². The Labute approximate surface area is 238 Å². The molecule has 0 aliphatic carbocycles. The summed E-state index contributed by atoms with van der Waals surface area (Å²) in [5.74, 6) is -0.0335. The van der Waals surface area contributed by atoms with E-state index in [2.05, 4.69) is 10.3 Å². The summed E-state index contributed by atoms with van der Waals surface area (Å²) in [5.41, 5.74) is 4.64. The Balaban J connectivity index is 1.15. The lowest BCUT2D eigenvalue weighted by atomic mass is 10.0. The second-order valence-corrected chi connectivity index (χ2v) is 10.6. The third kappa shape index (κ3) is 5.25. The van der Waals surface area contributed by atoms with E-state index in [0.29, 0.717) is 56.8 Å². The number of aromatic nitrogens is 2. The van der Waals surface area contributed by atoms with Crippen LogP contribution in [0.5, 0.6) is 0 Å². The van der Waals surface area contributed by atoms with E-state index < -0.39 is 0 Å². The number of carbonyl (C=O) groups is 2. The average molecular weight is 554 g/mol. The highest BCUT2D eigenvalue weighted by Gasteiger charge is 2.36. The van der Waals surface area contributed by atoms with Crippen molar-refractivity contribution in [3.8, 4) is 0 Å². The van der Waals surface area contributed by atoms with Crippen molar-refractivity contribution in [3.05, 3.63) is 100.0 Å². The summed E-state index contributed by atoms with van der Waals surface area (Å²) in [6.07, 6.45) is 1.84. The van der Waals surface area contributed by atoms with Crippen molar-refractivity contribution in [2.24, 2.45) is 0 Å². The van der Waals surface area contributed by atoms with Gasteiger partial charge in [-0.05, 0) is 62.6 Å². The van der Waals surface area contributed by atoms with Crippen LogP contribution >= 0.6 is 0 Å². The van der Waals surface area contributed by atoms with Crippen LogP contribution in [0.4, 0.5) is 5.69 Å². The predicted molar refractivity (Wildman–Crippen MR) is 158 cm³/mol. The first-order chi connectivity index (χ1) is 20.0. The number of nitrogens with zero attached hydrogens (tertiary/aromatic N) is 3. The fraction of sp³-hybridized carbons (Fsp3) is 0.344. The maximum absolute atomic E-state index is 13.5. The second kappa shape index (κ2) is 11.6. The number of rotatable bonds is 9. The van der Waals surface area contributed by atoms with Crippen molar-refractivity contribution in [2.45, 2.75) is 38.4 Å². The molecular formula is C32H35N5O4. The van der Waals surface area contributed by atoms with Crippen LogP contribution in [-0.2, 0) is 4.74 Å². The summed E-state index contributed by atoms with van der Waals surface area (Å²) in [5, 5.41) is 3.52. The SMILES string of the molecule is CCOCCCN1C(=O)c2ccccc2C1Nc1cccc(C(=O)N2CCC(n3c(=O)[nH]c4ccccc43)CC2)c1. The number of carbonyl (C=O) groups excluding carboxylic acids is 2. The fourth-order valence-corrected chi connectivity index (χ4v) is 6.08. The molecule has 1 fully saturated rings. The van der Waals surface area contributed by atoms with Gasteiger partial charge in [-0.1, -0.05) is 36.4 Å². The normalized spacial score (nSPS) is 17.3. The van der Waals surface area contributed by atoms with Crippen LogP contribution in [0, 0.1) is 0 Å². The molecule has 4 aromatic rings. The van der Waals surface area contributed by atoms with Gasteiger partial charge in [0.25, 0.3) is 11.8 Å². The number of H-pyrrole nitrogens is 1. The highest BCUT2D eigenvalue weighted by molar-refractivity contribution is 5.99. The van der Waals surface area contributed by atoms with E-state index in [1.165, 1.54) is 0 Å². The molecule has 3 heterocycles. The van der Waals surface area contributed by atoms with Crippen molar-refractivity contribution in [2.75, 3.05) is 38.2 Å². The molecule has 1 saturated heterocycles. The van der Waals surface area contributed by atoms with Crippen molar-refractivity contribution in [3.63, 3.8) is 0 Å². The second-order valence-electron chi connectivity index (χ2n) is 10.6. The van der Waals surface area contributed by atoms with Gasteiger partial charge in [0.05, 0.1) is 11.0 Å². The first-order valence-corrected chi connectivity index (χ1v) is 14.4. The van der Waals surface area contributed by atoms with E-state index in [9.17, 15) is 14.4 Å². The van der Waals surface area contributed by atoms with Gasteiger partial charge in [0.15, 0.2) is 0 Å². The van der Waals surface area contributed by atoms with E-state index >= 15 is 0 Å². The lowest BCUT2D eigenvalue weighted by molar-refractivity contribution is 0.0690. The van der Waals surface area contributed by atoms with E-state index in [4.69, 9.17) is 4.74 Å². The number of benzene rings is 3. The monoisotopic (exact) mass is 553 g/mol. The van der Waals surface area contributed by atoms with Gasteiger partial charge in [-0.3, -0.25) is 14.2 Å². The van der Waals surface area contributed by atoms with Crippen LogP contribution in [0.1, 0.15) is 64.7 Å². The highest BCUT2D eigenvalue weighted by Crippen LogP contribution is 2.35. The number of piperidine rings is 1. The van der Waals surface area contributed by atoms with Crippen LogP contribution in [0.25, 0.3) is 11.0 Å². The van der Waals surface area contributed by atoms with Gasteiger partial charge < -0.3 is 24.8 Å². The number of aromatic amines is 1. The number of likely N-dealkylation sites (tertiary alicyclic amines) is 1. The van der Waals surface area contributed by atoms with Crippen molar-refractivity contribution in [1.29, 1.82) is 0 Å². The standard InChI is InChI=1S/C32H35N5O4/c1-2-41-20-8-17-36-29(25-11-3-4-12-26(25)31(36)39)33-23-10-7-9-22(21-23)30(38)35-18-15-24(16-19-35)37-28-14-6-5-13-27(28)34-32(37)40/h3-7,9-14,21,24,29,33H,2,8,15-20H2,1H3,(H,34,40). The molecule has 2 N–H and O–H groups in total. The Morgan fingerprint density at radius 1 is 1.00 bits per heavy atom. The Morgan fingerprint density at radius 2 is 1.78 bits per heavy atom. The molecule has 2 aliphatic heterocycles. The zero-order chi connectivity index (χ0) is 28.3. The van der Waals surface area contributed by atoms with Crippen molar-refractivity contribution >= 4 is 28.5 Å². The van der Waals surface area contributed by atoms with Crippen LogP contribution in [0.15, 0.2) is 77.6 Å². The van der Waals surface area contributed by atoms with Crippen LogP contribution in [0.2, 0.25) is 0 Å². The number of amides is 2. The summed E-state index contributed by atoms with van der Waals surface area (Å²) < 4.78 is 7.33. The molecule has 9 heteroatoms. The molecule has 212 valence electrons. The summed E-state index contributed by atoms with van der Waals surface area (Å²) in [6.45, 7) is 4.92. The highest BCUT2D eigenvalue weighted by atomic mass is 16.5. The topological polar surface area (TPSA) is 99.7 Å². The maximum atomic E-state index is 13.5. The molecule has 1 unspecified atom stereocenters. The Kier molecular flexibility index (Phi) is 7.61. The number of nitrogens with one attached hydrogen (secondary N) is 2. The van der Waals surface area contributed by atoms with Gasteiger partial charge in [-0.15, -0.1) is 0 Å². The van der Waals surface area contributed by atoms with Gasteiger partial charge in [-0.2, -0.15) is 0 Å². The van der Waals surface area contributed by atoms with Gasteiger partial charge in [-0.25, -0.2) is 4.79 Å². The minimum absolute atomic E-state index is 0.000919. The molecule has 2 amide bonds. The number of imidazole rings is 1. The molecule has 0 bridgehead atoms. The van der Waals surface area contributed by atoms with Gasteiger partial charge in [0.1, 0.15) is 6.17 Å². The van der Waals surface area contributed by atoms with E-state index in [1.54, 1.807) is 0 Å². The summed E-state index contributed by atoms with van der Waals surface area (Å²) in [6, 6.07) is 22.9. The van der Waals surface area contributed by atoms with Crippen LogP contribution in [0.3, 0.4) is 0 Å². The van der Waals surface area contributed by atoms with Gasteiger partial charge in [0.2, 0.25) is 0 Å². The third-order valence-corrected chi connectivity index (χ3v) is 8.10. The summed E-state index contributed by atoms with van der Waals surface area (Å²) in [4.78, 5) is 46.0. The molecule has 0 saturated carbocycles. The number of para-hydroxylation sites is 2. The van der Waals surface area contributed by atoms with Crippen LogP contribution in [-0.4, -0.2) is 64.0 Å². The number of fused-ring (bicyclic) bond motifs is 2. The molecule has 3 aromatic carbocycles. The Hall–Kier alpha value is -4.37. The summed E-state index contributed by atoms with van der Waals surface area (Å²) in [7, 11) is 0. The number of ether oxygens (including phenoxy) is 1. The molecule has 1 aromatic heterocycles. The smallest absolute Gasteiger partial charge is 0.326 e. The summed E-state index contributed by atoms with van der Waals surface area (Å²) >= 11 is 0. The predicted octanol–water partition coefficient (Wildman–Crippen LogP) is 4.80. The molecule has 6 rings (SSSR count). The Morgan fingerprint density at radius 3 is 2.61 bits per heavy atom. The molecule has 0 spiro atoms. The average Bonchev–Trinajstić information content (AvgIpc) is 3.48. The van der Waals surface area contributed by atoms with Gasteiger partial charge in [0, 0.05) is 61.3 Å². The molecule has 41 heavy (non-hydrogen) atoms. The Bertz CT molecular complexity index is 1620. The number of anilines is 1. The molecule has 2 aliphatic rings. The first-order valence-electron chi connectivity index (χ1n) is 14.4. The third-order valence-electron chi connectivity index (χ3n) is 8.10. The van der Waals surface area contributed by atoms with E-state index in [1.807, 2.05) is 94.1 Å². The zero-order valence-electron chi connectivity index (χ0n) is 23.2. The van der Waals surface area contributed by atoms with E-state index in [-0.39, 0.29) is 29.7 Å². The molecule has 1 atom stereocenters. The minimum Gasteiger partial charge on any atom is -0.382 e. The first kappa shape index (κ1) is 26.8. The molecular weight excluding hydrogens is 518 g/mol. The minimum atomic E-state index is -0.323. The quantitative estimate of drug-likeness (QED) is 0.290. The zero-order valence-corrected chi connectivity index (χ0v) is 23.2. The van der Waals surface area contributed by atoms with Crippen molar-refractivity contribution < 1.29 is 14.3 Å². The largest absolute Gasteiger partial charge is 0.382 e. The fourth-order valence-electron chi connectivity index (χ4n) is 6.08. The van der Waals surface area contributed by atoms with E-state index in [0.717, 1.165) is 28.7 Å². The van der Waals surface area contributed by atoms with Crippen molar-refractivity contribution in [1.82, 2.24) is 19.4 Å².